The Kier molecular flexibility index (Phi) is 3.82. The van der Waals surface area contributed by atoms with Crippen molar-refractivity contribution in [3.63, 3.8) is 0 Å². The average Bonchev–Trinajstić information content (AvgIpc) is 2.82. The monoisotopic (exact) mass is 251 g/mol. The van der Waals surface area contributed by atoms with Crippen LogP contribution in [0.5, 0.6) is 0 Å². The standard InChI is InChI=1S/C13H14ClNO2/c1-2-15-11(8-14)13(16)10-4-3-9-5-6-17-12(9)7-10/h3-7,11,15H,2,8H2,1H3. The van der Waals surface area contributed by atoms with Crippen LogP contribution >= 0.6 is 11.6 Å². The summed E-state index contributed by atoms with van der Waals surface area (Å²) >= 11 is 5.78. The molecule has 0 aliphatic rings. The van der Waals surface area contributed by atoms with E-state index in [9.17, 15) is 4.79 Å². The van der Waals surface area contributed by atoms with Crippen LogP contribution in [0.15, 0.2) is 34.9 Å². The molecule has 1 atom stereocenters. The lowest BCUT2D eigenvalue weighted by Gasteiger charge is -2.13. The third-order valence-electron chi connectivity index (χ3n) is 2.66. The van der Waals surface area contributed by atoms with Crippen molar-refractivity contribution in [3.05, 3.63) is 36.1 Å². The molecule has 1 aromatic heterocycles. The summed E-state index contributed by atoms with van der Waals surface area (Å²) in [6, 6.07) is 6.97. The first-order chi connectivity index (χ1) is 8.26. The van der Waals surface area contributed by atoms with Crippen LogP contribution < -0.4 is 5.32 Å². The normalized spacial score (nSPS) is 12.8. The minimum Gasteiger partial charge on any atom is -0.464 e. The SMILES string of the molecule is CCNC(CCl)C(=O)c1ccc2ccoc2c1. The molecule has 0 amide bonds. The number of rotatable bonds is 5. The highest BCUT2D eigenvalue weighted by Crippen LogP contribution is 2.18. The number of ketones is 1. The summed E-state index contributed by atoms with van der Waals surface area (Å²) in [5.41, 5.74) is 1.35. The third kappa shape index (κ3) is 2.51. The summed E-state index contributed by atoms with van der Waals surface area (Å²) in [5, 5.41) is 4.05. The second-order valence-electron chi connectivity index (χ2n) is 3.80. The average molecular weight is 252 g/mol. The molecule has 0 fully saturated rings. The zero-order chi connectivity index (χ0) is 12.3. The minimum atomic E-state index is -0.339. The van der Waals surface area contributed by atoms with Crippen LogP contribution in [0.2, 0.25) is 0 Å². The van der Waals surface area contributed by atoms with Gasteiger partial charge in [-0.05, 0) is 18.7 Å². The first-order valence-corrected chi connectivity index (χ1v) is 6.10. The lowest BCUT2D eigenvalue weighted by Crippen LogP contribution is -2.38. The summed E-state index contributed by atoms with van der Waals surface area (Å²) < 4.78 is 5.28. The van der Waals surface area contributed by atoms with E-state index in [4.69, 9.17) is 16.0 Å². The van der Waals surface area contributed by atoms with Crippen LogP contribution in [-0.2, 0) is 0 Å². The first-order valence-electron chi connectivity index (χ1n) is 5.57. The van der Waals surface area contributed by atoms with E-state index in [1.54, 1.807) is 18.4 Å². The zero-order valence-corrected chi connectivity index (χ0v) is 10.3. The van der Waals surface area contributed by atoms with Gasteiger partial charge in [0.05, 0.1) is 12.3 Å². The van der Waals surface area contributed by atoms with E-state index < -0.39 is 0 Å². The number of carbonyl (C=O) groups excluding carboxylic acids is 1. The van der Waals surface area contributed by atoms with Gasteiger partial charge in [-0.15, -0.1) is 11.6 Å². The predicted molar refractivity (Wildman–Crippen MR) is 68.7 cm³/mol. The molecular weight excluding hydrogens is 238 g/mol. The van der Waals surface area contributed by atoms with Crippen molar-refractivity contribution in [1.82, 2.24) is 5.32 Å². The summed E-state index contributed by atoms with van der Waals surface area (Å²) in [7, 11) is 0. The molecule has 0 saturated heterocycles. The maximum Gasteiger partial charge on any atom is 0.181 e. The van der Waals surface area contributed by atoms with Crippen LogP contribution in [0.3, 0.4) is 0 Å². The van der Waals surface area contributed by atoms with Gasteiger partial charge >= 0.3 is 0 Å². The molecule has 1 unspecified atom stereocenters. The number of likely N-dealkylation sites (N-methyl/N-ethyl adjacent to an activating group) is 1. The van der Waals surface area contributed by atoms with Gasteiger partial charge in [-0.2, -0.15) is 0 Å². The Bertz CT molecular complexity index is 521. The van der Waals surface area contributed by atoms with Crippen molar-refractivity contribution in [2.24, 2.45) is 0 Å². The van der Waals surface area contributed by atoms with Gasteiger partial charge in [-0.1, -0.05) is 19.1 Å². The Balaban J connectivity index is 2.28. The van der Waals surface area contributed by atoms with Gasteiger partial charge in [0.2, 0.25) is 0 Å². The summed E-state index contributed by atoms with van der Waals surface area (Å²) in [6.07, 6.45) is 1.61. The Morgan fingerprint density at radius 1 is 1.47 bits per heavy atom. The molecule has 0 saturated carbocycles. The smallest absolute Gasteiger partial charge is 0.181 e. The quantitative estimate of drug-likeness (QED) is 0.656. The van der Waals surface area contributed by atoms with Crippen LogP contribution in [0.4, 0.5) is 0 Å². The number of nitrogens with one attached hydrogen (secondary N) is 1. The maximum absolute atomic E-state index is 12.1. The Labute approximate surface area is 105 Å². The number of hydrogen-bond acceptors (Lipinski definition) is 3. The van der Waals surface area contributed by atoms with Crippen molar-refractivity contribution in [2.45, 2.75) is 13.0 Å². The summed E-state index contributed by atoms with van der Waals surface area (Å²) in [4.78, 5) is 12.1. The molecule has 17 heavy (non-hydrogen) atoms. The second kappa shape index (κ2) is 5.34. The van der Waals surface area contributed by atoms with Gasteiger partial charge < -0.3 is 9.73 Å². The Hall–Kier alpha value is -1.32. The molecule has 0 aliphatic heterocycles. The van der Waals surface area contributed by atoms with Crippen molar-refractivity contribution < 1.29 is 9.21 Å². The molecule has 3 nitrogen and oxygen atoms in total. The Morgan fingerprint density at radius 2 is 2.29 bits per heavy atom. The number of benzene rings is 1. The lowest BCUT2D eigenvalue weighted by atomic mass is 10.0. The zero-order valence-electron chi connectivity index (χ0n) is 9.57. The second-order valence-corrected chi connectivity index (χ2v) is 4.11. The van der Waals surface area contributed by atoms with Gasteiger partial charge in [0.1, 0.15) is 5.58 Å². The summed E-state index contributed by atoms with van der Waals surface area (Å²) in [6.45, 7) is 2.66. The molecule has 0 aliphatic carbocycles. The number of hydrogen-bond donors (Lipinski definition) is 1. The van der Waals surface area contributed by atoms with Gasteiger partial charge in [0, 0.05) is 16.8 Å². The lowest BCUT2D eigenvalue weighted by molar-refractivity contribution is 0.0953. The highest BCUT2D eigenvalue weighted by Gasteiger charge is 2.18. The van der Waals surface area contributed by atoms with Crippen molar-refractivity contribution in [3.8, 4) is 0 Å². The number of alkyl halides is 1. The molecule has 1 heterocycles. The van der Waals surface area contributed by atoms with E-state index in [1.807, 2.05) is 19.1 Å². The van der Waals surface area contributed by atoms with E-state index in [2.05, 4.69) is 5.32 Å². The van der Waals surface area contributed by atoms with Crippen molar-refractivity contribution >= 4 is 28.4 Å². The molecule has 4 heteroatoms. The summed E-state index contributed by atoms with van der Waals surface area (Å²) in [5.74, 6) is 0.267. The molecule has 2 aromatic rings. The fourth-order valence-electron chi connectivity index (χ4n) is 1.77. The third-order valence-corrected chi connectivity index (χ3v) is 2.97. The molecule has 0 spiro atoms. The molecule has 1 N–H and O–H groups in total. The molecule has 1 aromatic carbocycles. The van der Waals surface area contributed by atoms with E-state index >= 15 is 0 Å². The van der Waals surface area contributed by atoms with Gasteiger partial charge in [0.25, 0.3) is 0 Å². The predicted octanol–water partition coefficient (Wildman–Crippen LogP) is 2.83. The molecule has 2 rings (SSSR count). The largest absolute Gasteiger partial charge is 0.464 e. The van der Waals surface area contributed by atoms with Gasteiger partial charge in [-0.25, -0.2) is 0 Å². The number of halogens is 1. The number of fused-ring (bicyclic) bond motifs is 1. The minimum absolute atomic E-state index is 0.000139. The Morgan fingerprint density at radius 3 is 3.00 bits per heavy atom. The van der Waals surface area contributed by atoms with Crippen molar-refractivity contribution in [2.75, 3.05) is 12.4 Å². The fourth-order valence-corrected chi connectivity index (χ4v) is 2.02. The van der Waals surface area contributed by atoms with Crippen LogP contribution in [0.25, 0.3) is 11.0 Å². The molecule has 0 bridgehead atoms. The molecule has 90 valence electrons. The van der Waals surface area contributed by atoms with Crippen LogP contribution in [0.1, 0.15) is 17.3 Å². The topological polar surface area (TPSA) is 42.2 Å². The molecular formula is C13H14ClNO2. The van der Waals surface area contributed by atoms with Crippen LogP contribution in [0, 0.1) is 0 Å². The van der Waals surface area contributed by atoms with E-state index in [-0.39, 0.29) is 17.7 Å². The van der Waals surface area contributed by atoms with Crippen LogP contribution in [-0.4, -0.2) is 24.2 Å². The highest BCUT2D eigenvalue weighted by molar-refractivity contribution is 6.21. The molecule has 0 radical (unpaired) electrons. The van der Waals surface area contributed by atoms with Gasteiger partial charge in [-0.3, -0.25) is 4.79 Å². The number of furan rings is 1. The van der Waals surface area contributed by atoms with E-state index in [0.29, 0.717) is 12.1 Å². The number of Topliss-reactive ketones (excluding diaryl/α,β-unsaturated/α-hetero) is 1. The van der Waals surface area contributed by atoms with E-state index in [0.717, 1.165) is 11.0 Å². The van der Waals surface area contributed by atoms with E-state index in [1.165, 1.54) is 0 Å². The fraction of sp³-hybridized carbons (Fsp3) is 0.308. The first kappa shape index (κ1) is 12.1. The number of carbonyl (C=O) groups is 1. The van der Waals surface area contributed by atoms with Gasteiger partial charge in [0.15, 0.2) is 5.78 Å². The highest BCUT2D eigenvalue weighted by atomic mass is 35.5. The van der Waals surface area contributed by atoms with Crippen molar-refractivity contribution in [1.29, 1.82) is 0 Å². The maximum atomic E-state index is 12.1.